The van der Waals surface area contributed by atoms with Crippen LogP contribution < -0.4 is 0 Å². The number of para-hydroxylation sites is 1. The van der Waals surface area contributed by atoms with Crippen molar-refractivity contribution < 1.29 is 4.48 Å². The first-order valence-corrected chi connectivity index (χ1v) is 13.7. The smallest absolute Gasteiger partial charge is 0.159 e. The summed E-state index contributed by atoms with van der Waals surface area (Å²) in [5.41, 5.74) is 2.59. The number of aromatic nitrogens is 1. The Morgan fingerprint density at radius 3 is 1.94 bits per heavy atom. The highest BCUT2D eigenvalue weighted by atomic mass is 32.1. The molecule has 0 fully saturated rings. The molecule has 32 heavy (non-hydrogen) atoms. The summed E-state index contributed by atoms with van der Waals surface area (Å²) in [6.45, 7) is 4.74. The van der Waals surface area contributed by atoms with Gasteiger partial charge in [-0.3, -0.25) is 0 Å². The Morgan fingerprint density at radius 1 is 0.750 bits per heavy atom. The molecule has 0 saturated heterocycles. The minimum Gasteiger partial charge on any atom is -0.337 e. The summed E-state index contributed by atoms with van der Waals surface area (Å²) in [6.07, 6.45) is 14.2. The van der Waals surface area contributed by atoms with Crippen LogP contribution in [0.2, 0.25) is 0 Å². The van der Waals surface area contributed by atoms with Gasteiger partial charge in [0, 0.05) is 5.56 Å². The number of benzene rings is 2. The molecule has 2 nitrogen and oxygen atoms in total. The fraction of sp³-hybridized carbons (Fsp3) is 0.536. The predicted molar refractivity (Wildman–Crippen MR) is 146 cm³/mol. The number of nitrogens with one attached hydrogen (secondary N) is 1. The van der Waals surface area contributed by atoms with Crippen molar-refractivity contribution in [2.24, 2.45) is 0 Å². The third-order valence-corrected chi connectivity index (χ3v) is 7.11. The molecule has 3 rings (SSSR count). The molecule has 0 bridgehead atoms. The van der Waals surface area contributed by atoms with Gasteiger partial charge in [-0.1, -0.05) is 101 Å². The molecule has 1 aromatic heterocycles. The van der Waals surface area contributed by atoms with Gasteiger partial charge in [-0.25, -0.2) is 0 Å². The minimum atomic E-state index is 0.848. The number of hydrogen-bond acceptors (Lipinski definition) is 2. The number of H-pyrrole nitrogens is 1. The standard InChI is InChI=1S/C21H38N.C7H5NS2/c1-4-5-6-7-8-9-10-11-12-16-19-22(2,3)20-21-17-14-13-15-18-21;9-7-8-5-3-1-2-4-6(5)10-7/h13-15,17-18H,4-12,16,19-20H2,1-3H3;1-4H,(H,8,9)/q+1;. The lowest BCUT2D eigenvalue weighted by Crippen LogP contribution is -2.39. The Balaban J connectivity index is 0.000000297. The first-order valence-electron chi connectivity index (χ1n) is 12.4. The molecular weight excluding hydrogens is 428 g/mol. The SMILES string of the molecule is CCCCCCCCCCCC[N+](C)(C)Cc1ccccc1.S=c1[nH]c2ccccc2s1. The molecule has 1 N–H and O–H groups in total. The van der Waals surface area contributed by atoms with Crippen LogP contribution in [-0.4, -0.2) is 30.1 Å². The van der Waals surface area contributed by atoms with Crippen LogP contribution in [-0.2, 0) is 6.54 Å². The van der Waals surface area contributed by atoms with Crippen molar-refractivity contribution >= 4 is 33.8 Å². The molecule has 0 aliphatic heterocycles. The molecule has 3 aromatic rings. The number of hydrogen-bond donors (Lipinski definition) is 1. The maximum absolute atomic E-state index is 4.98. The van der Waals surface area contributed by atoms with Gasteiger partial charge >= 0.3 is 0 Å². The van der Waals surface area contributed by atoms with Crippen molar-refractivity contribution in [3.8, 4) is 0 Å². The fourth-order valence-electron chi connectivity index (χ4n) is 4.08. The van der Waals surface area contributed by atoms with E-state index in [1.807, 2.05) is 18.2 Å². The summed E-state index contributed by atoms with van der Waals surface area (Å²) in [5, 5.41) is 0. The molecular formula is C28H43N2S2+. The summed E-state index contributed by atoms with van der Waals surface area (Å²) in [4.78, 5) is 3.09. The van der Waals surface area contributed by atoms with Crippen molar-refractivity contribution in [3.05, 3.63) is 64.1 Å². The summed E-state index contributed by atoms with van der Waals surface area (Å²) >= 11 is 6.59. The van der Waals surface area contributed by atoms with Crippen molar-refractivity contribution in [1.82, 2.24) is 4.98 Å². The highest BCUT2D eigenvalue weighted by molar-refractivity contribution is 7.73. The van der Waals surface area contributed by atoms with Crippen molar-refractivity contribution in [2.75, 3.05) is 20.6 Å². The van der Waals surface area contributed by atoms with E-state index in [9.17, 15) is 0 Å². The fourth-order valence-corrected chi connectivity index (χ4v) is 5.19. The lowest BCUT2D eigenvalue weighted by atomic mass is 10.1. The minimum absolute atomic E-state index is 0.848. The lowest BCUT2D eigenvalue weighted by Gasteiger charge is -2.30. The summed E-state index contributed by atoms with van der Waals surface area (Å²) < 4.78 is 3.19. The van der Waals surface area contributed by atoms with Crippen molar-refractivity contribution in [2.45, 2.75) is 77.7 Å². The zero-order valence-corrected chi connectivity index (χ0v) is 22.1. The first kappa shape index (κ1) is 26.8. The maximum Gasteiger partial charge on any atom is 0.159 e. The number of quaternary nitrogens is 1. The average molecular weight is 472 g/mol. The number of unbranched alkanes of at least 4 members (excludes halogenated alkanes) is 9. The number of rotatable bonds is 13. The topological polar surface area (TPSA) is 15.8 Å². The number of fused-ring (bicyclic) bond motifs is 1. The molecule has 2 aromatic carbocycles. The second-order valence-corrected chi connectivity index (χ2v) is 11.2. The quantitative estimate of drug-likeness (QED) is 0.149. The van der Waals surface area contributed by atoms with Crippen LogP contribution >= 0.6 is 23.6 Å². The van der Waals surface area contributed by atoms with E-state index < -0.39 is 0 Å². The first-order chi connectivity index (χ1) is 15.5. The predicted octanol–water partition coefficient (Wildman–Crippen LogP) is 9.14. The highest BCUT2D eigenvalue weighted by Gasteiger charge is 2.14. The molecule has 0 radical (unpaired) electrons. The molecule has 4 heteroatoms. The molecule has 176 valence electrons. The molecule has 0 amide bonds. The van der Waals surface area contributed by atoms with Crippen LogP contribution in [0.15, 0.2) is 54.6 Å². The van der Waals surface area contributed by atoms with Crippen LogP contribution in [0.25, 0.3) is 10.2 Å². The maximum atomic E-state index is 4.98. The second kappa shape index (κ2) is 15.4. The van der Waals surface area contributed by atoms with Crippen molar-refractivity contribution in [1.29, 1.82) is 0 Å². The molecule has 0 saturated carbocycles. The van der Waals surface area contributed by atoms with Crippen LogP contribution in [0.3, 0.4) is 0 Å². The second-order valence-electron chi connectivity index (χ2n) is 9.50. The van der Waals surface area contributed by atoms with E-state index in [1.165, 1.54) is 81.0 Å². The third-order valence-electron chi connectivity index (χ3n) is 5.90. The van der Waals surface area contributed by atoms with E-state index in [4.69, 9.17) is 12.2 Å². The van der Waals surface area contributed by atoms with E-state index in [0.29, 0.717) is 0 Å². The average Bonchev–Trinajstić information content (AvgIpc) is 3.16. The van der Waals surface area contributed by atoms with Gasteiger partial charge in [-0.2, -0.15) is 0 Å². The molecule has 0 unspecified atom stereocenters. The van der Waals surface area contributed by atoms with E-state index in [0.717, 1.165) is 20.5 Å². The molecule has 0 atom stereocenters. The van der Waals surface area contributed by atoms with Crippen molar-refractivity contribution in [3.63, 3.8) is 0 Å². The van der Waals surface area contributed by atoms with E-state index >= 15 is 0 Å². The van der Waals surface area contributed by atoms with E-state index in [-0.39, 0.29) is 0 Å². The van der Waals surface area contributed by atoms with Gasteiger partial charge in [0.05, 0.1) is 30.9 Å². The number of aromatic amines is 1. The zero-order chi connectivity index (χ0) is 23.1. The van der Waals surface area contributed by atoms with E-state index in [1.54, 1.807) is 11.3 Å². The Labute approximate surface area is 205 Å². The lowest BCUT2D eigenvalue weighted by molar-refractivity contribution is -0.903. The Hall–Kier alpha value is -1.49. The van der Waals surface area contributed by atoms with Gasteiger partial charge in [-0.05, 0) is 37.2 Å². The molecule has 0 aliphatic carbocycles. The van der Waals surface area contributed by atoms with Gasteiger partial charge in [0.1, 0.15) is 6.54 Å². The van der Waals surface area contributed by atoms with Gasteiger partial charge in [0.15, 0.2) is 3.95 Å². The number of thiazole rings is 1. The summed E-state index contributed by atoms with van der Waals surface area (Å²) in [5.74, 6) is 0. The van der Waals surface area contributed by atoms with Crippen LogP contribution in [0.5, 0.6) is 0 Å². The van der Waals surface area contributed by atoms with Gasteiger partial charge in [-0.15, -0.1) is 11.3 Å². The van der Waals surface area contributed by atoms with Crippen LogP contribution in [0.1, 0.15) is 76.7 Å². The Bertz CT molecular complexity index is 876. The monoisotopic (exact) mass is 471 g/mol. The summed E-state index contributed by atoms with van der Waals surface area (Å²) in [7, 11) is 4.72. The number of nitrogens with zero attached hydrogens (tertiary/aromatic N) is 1. The highest BCUT2D eigenvalue weighted by Crippen LogP contribution is 2.17. The van der Waals surface area contributed by atoms with Crippen LogP contribution in [0, 0.1) is 3.95 Å². The third kappa shape index (κ3) is 11.4. The van der Waals surface area contributed by atoms with E-state index in [2.05, 4.69) is 62.4 Å². The Morgan fingerprint density at radius 2 is 1.31 bits per heavy atom. The van der Waals surface area contributed by atoms with Gasteiger partial charge < -0.3 is 9.47 Å². The largest absolute Gasteiger partial charge is 0.337 e. The molecule has 0 spiro atoms. The molecule has 1 heterocycles. The summed E-state index contributed by atoms with van der Waals surface area (Å²) in [6, 6.07) is 19.0. The Kier molecular flexibility index (Phi) is 12.8. The van der Waals surface area contributed by atoms with Crippen LogP contribution in [0.4, 0.5) is 0 Å². The normalized spacial score (nSPS) is 11.3. The zero-order valence-electron chi connectivity index (χ0n) is 20.4. The molecule has 0 aliphatic rings. The van der Waals surface area contributed by atoms with Gasteiger partial charge in [0.25, 0.3) is 0 Å². The van der Waals surface area contributed by atoms with Gasteiger partial charge in [0.2, 0.25) is 0 Å².